The second-order valence-corrected chi connectivity index (χ2v) is 4.84. The predicted octanol–water partition coefficient (Wildman–Crippen LogP) is 0.987. The highest BCUT2D eigenvalue weighted by molar-refractivity contribution is 5.80. The molecule has 1 heterocycles. The van der Waals surface area contributed by atoms with Crippen molar-refractivity contribution in [1.82, 2.24) is 4.90 Å². The van der Waals surface area contributed by atoms with Gasteiger partial charge in [0.2, 0.25) is 5.91 Å². The number of carbonyl (C=O) groups excluding carboxylic acids is 1. The summed E-state index contributed by atoms with van der Waals surface area (Å²) in [4.78, 5) is 13.4. The van der Waals surface area contributed by atoms with Crippen LogP contribution in [0, 0.1) is 0 Å². The van der Waals surface area contributed by atoms with Crippen molar-refractivity contribution in [2.75, 3.05) is 25.4 Å². The van der Waals surface area contributed by atoms with Gasteiger partial charge in [-0.1, -0.05) is 12.1 Å². The molecule has 4 N–H and O–H groups in total. The zero-order valence-corrected chi connectivity index (χ0v) is 11.0. The number of primary amides is 1. The predicted molar refractivity (Wildman–Crippen MR) is 74.8 cm³/mol. The summed E-state index contributed by atoms with van der Waals surface area (Å²) < 4.78 is 5.62. The first-order valence-electron chi connectivity index (χ1n) is 6.69. The summed E-state index contributed by atoms with van der Waals surface area (Å²) in [7, 11) is 0. The van der Waals surface area contributed by atoms with Crippen molar-refractivity contribution in [1.29, 1.82) is 0 Å². The molecule has 0 aromatic heterocycles. The first-order valence-corrected chi connectivity index (χ1v) is 6.69. The summed E-state index contributed by atoms with van der Waals surface area (Å²) in [5.41, 5.74) is 11.8. The van der Waals surface area contributed by atoms with Crippen molar-refractivity contribution < 1.29 is 9.53 Å². The van der Waals surface area contributed by atoms with Crippen molar-refractivity contribution in [2.45, 2.75) is 25.3 Å². The molecule has 0 aliphatic carbocycles. The van der Waals surface area contributed by atoms with Gasteiger partial charge in [0.15, 0.2) is 0 Å². The molecule has 1 fully saturated rings. The zero-order chi connectivity index (χ0) is 13.7. The van der Waals surface area contributed by atoms with Gasteiger partial charge in [0.25, 0.3) is 0 Å². The Labute approximate surface area is 113 Å². The normalized spacial score (nSPS) is 19.5. The number of ether oxygens (including phenoxy) is 1. The van der Waals surface area contributed by atoms with Crippen LogP contribution in [0.15, 0.2) is 24.3 Å². The second-order valence-electron chi connectivity index (χ2n) is 4.84. The molecule has 5 nitrogen and oxygen atoms in total. The maximum absolute atomic E-state index is 11.2. The fourth-order valence-corrected chi connectivity index (χ4v) is 2.48. The Morgan fingerprint density at radius 3 is 2.95 bits per heavy atom. The number of anilines is 1. The second kappa shape index (κ2) is 6.43. The average Bonchev–Trinajstić information content (AvgIpc) is 2.85. The van der Waals surface area contributed by atoms with Crippen molar-refractivity contribution in [2.24, 2.45) is 5.73 Å². The highest BCUT2D eigenvalue weighted by Crippen LogP contribution is 2.20. The quantitative estimate of drug-likeness (QED) is 0.592. The topological polar surface area (TPSA) is 81.6 Å². The minimum atomic E-state index is -0.217. The van der Waals surface area contributed by atoms with Crippen molar-refractivity contribution in [3.05, 3.63) is 24.3 Å². The van der Waals surface area contributed by atoms with Gasteiger partial charge >= 0.3 is 0 Å². The molecule has 1 aliphatic rings. The van der Waals surface area contributed by atoms with Crippen LogP contribution in [-0.4, -0.2) is 36.5 Å². The highest BCUT2D eigenvalue weighted by atomic mass is 16.5. The molecular formula is C14H21N3O2. The third-order valence-corrected chi connectivity index (χ3v) is 3.46. The number of likely N-dealkylation sites (tertiary alicyclic amines) is 1. The molecule has 1 amide bonds. The van der Waals surface area contributed by atoms with E-state index in [1.54, 1.807) is 0 Å². The van der Waals surface area contributed by atoms with E-state index in [0.29, 0.717) is 12.3 Å². The van der Waals surface area contributed by atoms with E-state index in [0.717, 1.165) is 38.1 Å². The number of nitrogen functional groups attached to an aromatic ring is 1. The van der Waals surface area contributed by atoms with E-state index in [4.69, 9.17) is 16.2 Å². The van der Waals surface area contributed by atoms with Crippen LogP contribution >= 0.6 is 0 Å². The number of hydrogen-bond donors (Lipinski definition) is 2. The van der Waals surface area contributed by atoms with Crippen LogP contribution in [0.4, 0.5) is 5.69 Å². The number of nitrogens with zero attached hydrogens (tertiary/aromatic N) is 1. The number of rotatable bonds is 6. The van der Waals surface area contributed by atoms with Crippen LogP contribution in [0.5, 0.6) is 5.75 Å². The first kappa shape index (κ1) is 13.7. The van der Waals surface area contributed by atoms with Gasteiger partial charge < -0.3 is 16.2 Å². The van der Waals surface area contributed by atoms with Crippen LogP contribution in [-0.2, 0) is 4.79 Å². The molecule has 19 heavy (non-hydrogen) atoms. The minimum Gasteiger partial charge on any atom is -0.491 e. The molecule has 1 unspecified atom stereocenters. The van der Waals surface area contributed by atoms with Gasteiger partial charge in [-0.05, 0) is 37.9 Å². The molecule has 0 radical (unpaired) electrons. The Balaban J connectivity index is 1.72. The van der Waals surface area contributed by atoms with Crippen molar-refractivity contribution in [3.8, 4) is 5.75 Å². The molecule has 1 aromatic carbocycles. The van der Waals surface area contributed by atoms with Crippen LogP contribution in [0.25, 0.3) is 0 Å². The van der Waals surface area contributed by atoms with E-state index in [2.05, 4.69) is 4.90 Å². The average molecular weight is 263 g/mol. The molecule has 1 saturated heterocycles. The fourth-order valence-electron chi connectivity index (χ4n) is 2.48. The summed E-state index contributed by atoms with van der Waals surface area (Å²) in [5, 5.41) is 0. The van der Waals surface area contributed by atoms with E-state index in [1.165, 1.54) is 0 Å². The molecule has 2 rings (SSSR count). The minimum absolute atomic E-state index is 0.0956. The van der Waals surface area contributed by atoms with E-state index in [-0.39, 0.29) is 11.9 Å². The molecule has 1 atom stereocenters. The van der Waals surface area contributed by atoms with Gasteiger partial charge in [-0.15, -0.1) is 0 Å². The first-order chi connectivity index (χ1) is 9.18. The molecule has 5 heteroatoms. The largest absolute Gasteiger partial charge is 0.491 e. The maximum atomic E-state index is 11.2. The lowest BCUT2D eigenvalue weighted by Gasteiger charge is -2.21. The van der Waals surface area contributed by atoms with Gasteiger partial charge in [0.1, 0.15) is 5.75 Å². The van der Waals surface area contributed by atoms with Gasteiger partial charge in [0.05, 0.1) is 18.3 Å². The summed E-state index contributed by atoms with van der Waals surface area (Å²) in [6, 6.07) is 7.36. The zero-order valence-electron chi connectivity index (χ0n) is 11.0. The van der Waals surface area contributed by atoms with Crippen LogP contribution < -0.4 is 16.2 Å². The van der Waals surface area contributed by atoms with E-state index < -0.39 is 0 Å². The summed E-state index contributed by atoms with van der Waals surface area (Å²) in [6.07, 6.45) is 2.78. The Morgan fingerprint density at radius 2 is 2.21 bits per heavy atom. The summed E-state index contributed by atoms with van der Waals surface area (Å²) in [6.45, 7) is 2.37. The Bertz CT molecular complexity index is 436. The smallest absolute Gasteiger partial charge is 0.234 e. The Hall–Kier alpha value is -1.75. The Morgan fingerprint density at radius 1 is 1.42 bits per heavy atom. The van der Waals surface area contributed by atoms with E-state index in [9.17, 15) is 4.79 Å². The molecule has 0 spiro atoms. The molecule has 1 aliphatic heterocycles. The highest BCUT2D eigenvalue weighted by Gasteiger charge is 2.28. The number of amides is 1. The third-order valence-electron chi connectivity index (χ3n) is 3.46. The van der Waals surface area contributed by atoms with Crippen molar-refractivity contribution >= 4 is 11.6 Å². The summed E-state index contributed by atoms with van der Waals surface area (Å²) in [5.74, 6) is 0.501. The van der Waals surface area contributed by atoms with E-state index in [1.807, 2.05) is 24.3 Å². The van der Waals surface area contributed by atoms with Crippen LogP contribution in [0.3, 0.4) is 0 Å². The Kier molecular flexibility index (Phi) is 4.63. The number of hydrogen-bond acceptors (Lipinski definition) is 4. The fraction of sp³-hybridized carbons (Fsp3) is 0.500. The van der Waals surface area contributed by atoms with Crippen LogP contribution in [0.1, 0.15) is 19.3 Å². The third kappa shape index (κ3) is 3.61. The molecule has 1 aromatic rings. The SMILES string of the molecule is NC(=O)C1CCCN1CCCOc1ccccc1N. The number of benzene rings is 1. The lowest BCUT2D eigenvalue weighted by molar-refractivity contribution is -0.122. The van der Waals surface area contributed by atoms with Crippen LogP contribution in [0.2, 0.25) is 0 Å². The molecule has 0 saturated carbocycles. The molecule has 0 bridgehead atoms. The lowest BCUT2D eigenvalue weighted by Crippen LogP contribution is -2.40. The number of carbonyl (C=O) groups is 1. The van der Waals surface area contributed by atoms with Gasteiger partial charge in [0, 0.05) is 6.54 Å². The van der Waals surface area contributed by atoms with Gasteiger partial charge in [-0.3, -0.25) is 9.69 Å². The standard InChI is InChI=1S/C14H21N3O2/c15-11-5-1-2-7-13(11)19-10-4-9-17-8-3-6-12(17)14(16)18/h1-2,5,7,12H,3-4,6,8-10,15H2,(H2,16,18). The molecule has 104 valence electrons. The van der Waals surface area contributed by atoms with Gasteiger partial charge in [-0.25, -0.2) is 0 Å². The lowest BCUT2D eigenvalue weighted by atomic mass is 10.2. The van der Waals surface area contributed by atoms with Gasteiger partial charge in [-0.2, -0.15) is 0 Å². The summed E-state index contributed by atoms with van der Waals surface area (Å²) >= 11 is 0. The number of nitrogens with two attached hydrogens (primary N) is 2. The maximum Gasteiger partial charge on any atom is 0.234 e. The van der Waals surface area contributed by atoms with Crippen molar-refractivity contribution in [3.63, 3.8) is 0 Å². The molecular weight excluding hydrogens is 242 g/mol. The monoisotopic (exact) mass is 263 g/mol. The van der Waals surface area contributed by atoms with E-state index >= 15 is 0 Å². The number of para-hydroxylation sites is 2.